The number of fused-ring (bicyclic) bond motifs is 1. The monoisotopic (exact) mass is 602 g/mol. The Morgan fingerprint density at radius 1 is 1.07 bits per heavy atom. The van der Waals surface area contributed by atoms with Gasteiger partial charge in [0.2, 0.25) is 5.91 Å². The summed E-state index contributed by atoms with van der Waals surface area (Å²) in [7, 11) is 0. The molecule has 0 aliphatic carbocycles. The molecule has 2 aromatic carbocycles. The highest BCUT2D eigenvalue weighted by atomic mass is 19.4. The average molecular weight is 603 g/mol. The fourth-order valence-corrected chi connectivity index (χ4v) is 4.61. The zero-order chi connectivity index (χ0) is 30.9. The molecule has 3 N–H and O–H groups in total. The van der Waals surface area contributed by atoms with E-state index in [0.29, 0.717) is 5.56 Å². The number of nitrogens with zero attached hydrogens (tertiary/aromatic N) is 2. The molecule has 3 heterocycles. The Hall–Kier alpha value is -4.81. The number of alkyl halides is 5. The Morgan fingerprint density at radius 2 is 1.81 bits per heavy atom. The molecule has 0 spiro atoms. The molecular weight excluding hydrogens is 578 g/mol. The van der Waals surface area contributed by atoms with Gasteiger partial charge in [0.05, 0.1) is 29.1 Å². The van der Waals surface area contributed by atoms with Crippen LogP contribution in [0, 0.1) is 5.82 Å². The normalized spacial score (nSPS) is 15.3. The Bertz CT molecular complexity index is 1700. The largest absolute Gasteiger partial charge is 0.459 e. The highest BCUT2D eigenvalue weighted by molar-refractivity contribution is 5.94. The number of aromatic nitrogens is 1. The van der Waals surface area contributed by atoms with Crippen LogP contribution in [0.3, 0.4) is 0 Å². The third-order valence-electron chi connectivity index (χ3n) is 6.95. The van der Waals surface area contributed by atoms with Gasteiger partial charge in [-0.25, -0.2) is 13.2 Å². The van der Waals surface area contributed by atoms with E-state index in [1.807, 2.05) is 0 Å². The van der Waals surface area contributed by atoms with Crippen molar-refractivity contribution < 1.29 is 40.3 Å². The predicted molar refractivity (Wildman–Crippen MR) is 146 cm³/mol. The first-order valence-electron chi connectivity index (χ1n) is 13.1. The lowest BCUT2D eigenvalue weighted by molar-refractivity contribution is -0.136. The molecule has 4 aromatic rings. The van der Waals surface area contributed by atoms with Crippen molar-refractivity contribution >= 4 is 34.5 Å². The third kappa shape index (κ3) is 6.82. The summed E-state index contributed by atoms with van der Waals surface area (Å²) in [5, 5.41) is 2.61. The van der Waals surface area contributed by atoms with Crippen LogP contribution in [0.4, 0.5) is 32.0 Å². The number of carbonyl (C=O) groups excluding carboxylic acids is 2. The van der Waals surface area contributed by atoms with Gasteiger partial charge >= 0.3 is 6.18 Å². The van der Waals surface area contributed by atoms with Crippen molar-refractivity contribution in [2.24, 2.45) is 0 Å². The SMILES string of the molecule is Nc1ccc(/C=C/C(=O)NCc2cc3cc(-c4ccc(C(=O)N5CCC(F)(F)CC5)cn4)cc(C(F)(F)F)c3o2)cc1F. The molecule has 0 atom stereocenters. The van der Waals surface area contributed by atoms with Crippen LogP contribution in [0.25, 0.3) is 28.3 Å². The van der Waals surface area contributed by atoms with Crippen molar-refractivity contribution in [2.75, 3.05) is 18.8 Å². The first kappa shape index (κ1) is 29.7. The number of hydrogen-bond donors (Lipinski definition) is 2. The molecule has 43 heavy (non-hydrogen) atoms. The van der Waals surface area contributed by atoms with E-state index in [0.717, 1.165) is 18.2 Å². The maximum absolute atomic E-state index is 14.0. The number of pyridine rings is 1. The maximum Gasteiger partial charge on any atom is 0.420 e. The van der Waals surface area contributed by atoms with Crippen LogP contribution in [0.1, 0.15) is 40.1 Å². The number of carbonyl (C=O) groups is 2. The van der Waals surface area contributed by atoms with Gasteiger partial charge in [0.15, 0.2) is 0 Å². The van der Waals surface area contributed by atoms with Crippen LogP contribution in [0.5, 0.6) is 0 Å². The molecule has 2 amide bonds. The molecule has 0 radical (unpaired) electrons. The van der Waals surface area contributed by atoms with E-state index < -0.39 is 53.7 Å². The number of anilines is 1. The van der Waals surface area contributed by atoms with Crippen LogP contribution in [0.2, 0.25) is 0 Å². The minimum Gasteiger partial charge on any atom is -0.459 e. The van der Waals surface area contributed by atoms with Crippen LogP contribution < -0.4 is 11.1 Å². The number of nitrogens with two attached hydrogens (primary N) is 1. The lowest BCUT2D eigenvalue weighted by atomic mass is 10.0. The number of halogens is 6. The summed E-state index contributed by atoms with van der Waals surface area (Å²) in [6, 6.07) is 10.4. The summed E-state index contributed by atoms with van der Waals surface area (Å²) in [6.45, 7) is -0.444. The molecule has 13 heteroatoms. The molecule has 1 aliphatic heterocycles. The van der Waals surface area contributed by atoms with Crippen molar-refractivity contribution in [2.45, 2.75) is 31.5 Å². The van der Waals surface area contributed by atoms with Gasteiger partial charge in [-0.3, -0.25) is 14.6 Å². The topological polar surface area (TPSA) is 101 Å². The van der Waals surface area contributed by atoms with Crippen LogP contribution in [-0.4, -0.2) is 40.7 Å². The number of benzene rings is 2. The van der Waals surface area contributed by atoms with Gasteiger partial charge in [0.1, 0.15) is 17.2 Å². The number of nitrogen functional groups attached to an aromatic ring is 1. The molecule has 0 unspecified atom stereocenters. The van der Waals surface area contributed by atoms with Gasteiger partial charge in [0, 0.05) is 49.2 Å². The summed E-state index contributed by atoms with van der Waals surface area (Å²) < 4.78 is 87.8. The second kappa shape index (κ2) is 11.5. The van der Waals surface area contributed by atoms with Crippen molar-refractivity contribution in [1.29, 1.82) is 0 Å². The minimum absolute atomic E-state index is 0.0413. The van der Waals surface area contributed by atoms with E-state index in [9.17, 15) is 35.9 Å². The quantitative estimate of drug-likeness (QED) is 0.150. The highest BCUT2D eigenvalue weighted by Gasteiger charge is 2.37. The molecule has 0 bridgehead atoms. The van der Waals surface area contributed by atoms with Crippen molar-refractivity contribution in [3.8, 4) is 11.3 Å². The standard InChI is InChI=1S/C30H24F6N4O3/c31-23-11-17(1-4-24(23)37)2-6-26(41)39-16-21-13-20-12-19(14-22(27(20)43-21)30(34,35)36)25-5-3-18(15-38-25)28(42)40-9-7-29(32,33)8-10-40/h1-6,11-15H,7-10,16,37H2,(H,39,41)/b6-2+. The Balaban J connectivity index is 1.33. The molecule has 1 fully saturated rings. The number of furan rings is 1. The molecule has 1 saturated heterocycles. The number of rotatable bonds is 6. The average Bonchev–Trinajstić information content (AvgIpc) is 3.38. The van der Waals surface area contributed by atoms with E-state index in [4.69, 9.17) is 10.2 Å². The lowest BCUT2D eigenvalue weighted by Gasteiger charge is -2.31. The molecule has 1 aliphatic rings. The molecule has 0 saturated carbocycles. The molecular formula is C30H24F6N4O3. The smallest absolute Gasteiger partial charge is 0.420 e. The van der Waals surface area contributed by atoms with Gasteiger partial charge in [-0.1, -0.05) is 6.07 Å². The highest BCUT2D eigenvalue weighted by Crippen LogP contribution is 2.39. The summed E-state index contributed by atoms with van der Waals surface area (Å²) in [5.74, 6) is -4.48. The van der Waals surface area contributed by atoms with Gasteiger partial charge in [0.25, 0.3) is 11.8 Å². The summed E-state index contributed by atoms with van der Waals surface area (Å²) in [4.78, 5) is 30.4. The number of piperidine rings is 1. The summed E-state index contributed by atoms with van der Waals surface area (Å²) in [6.07, 6.45) is -1.99. The number of amides is 2. The zero-order valence-electron chi connectivity index (χ0n) is 22.4. The number of nitrogens with one attached hydrogen (secondary N) is 1. The Labute approximate surface area is 241 Å². The predicted octanol–water partition coefficient (Wildman–Crippen LogP) is 6.44. The summed E-state index contributed by atoms with van der Waals surface area (Å²) in [5.41, 5.74) is 4.66. The number of likely N-dealkylation sites (tertiary alicyclic amines) is 1. The second-order valence-corrected chi connectivity index (χ2v) is 10.1. The van der Waals surface area contributed by atoms with E-state index >= 15 is 0 Å². The van der Waals surface area contributed by atoms with Crippen LogP contribution >= 0.6 is 0 Å². The Morgan fingerprint density at radius 3 is 2.47 bits per heavy atom. The fourth-order valence-electron chi connectivity index (χ4n) is 4.61. The van der Waals surface area contributed by atoms with E-state index in [-0.39, 0.29) is 53.3 Å². The fraction of sp³-hybridized carbons (Fsp3) is 0.233. The molecule has 224 valence electrons. The third-order valence-corrected chi connectivity index (χ3v) is 6.95. The minimum atomic E-state index is -4.78. The van der Waals surface area contributed by atoms with Gasteiger partial charge < -0.3 is 20.4 Å². The van der Waals surface area contributed by atoms with Crippen LogP contribution in [-0.2, 0) is 17.5 Å². The lowest BCUT2D eigenvalue weighted by Crippen LogP contribution is -2.42. The first-order valence-corrected chi connectivity index (χ1v) is 13.1. The molecule has 7 nitrogen and oxygen atoms in total. The molecule has 5 rings (SSSR count). The van der Waals surface area contributed by atoms with Crippen molar-refractivity contribution in [3.05, 3.63) is 89.1 Å². The molecule has 2 aromatic heterocycles. The first-order chi connectivity index (χ1) is 20.3. The van der Waals surface area contributed by atoms with Crippen LogP contribution in [0.15, 0.2) is 65.2 Å². The van der Waals surface area contributed by atoms with E-state index in [1.165, 1.54) is 53.6 Å². The van der Waals surface area contributed by atoms with E-state index in [2.05, 4.69) is 10.3 Å². The van der Waals surface area contributed by atoms with Crippen molar-refractivity contribution in [1.82, 2.24) is 15.2 Å². The van der Waals surface area contributed by atoms with Crippen molar-refractivity contribution in [3.63, 3.8) is 0 Å². The van der Waals surface area contributed by atoms with Gasteiger partial charge in [-0.15, -0.1) is 0 Å². The Kier molecular flexibility index (Phi) is 7.91. The van der Waals surface area contributed by atoms with Gasteiger partial charge in [-0.05, 0) is 54.1 Å². The summed E-state index contributed by atoms with van der Waals surface area (Å²) >= 11 is 0. The van der Waals surface area contributed by atoms with E-state index in [1.54, 1.807) is 0 Å². The maximum atomic E-state index is 14.0. The second-order valence-electron chi connectivity index (χ2n) is 10.1. The number of hydrogen-bond acceptors (Lipinski definition) is 5. The zero-order valence-corrected chi connectivity index (χ0v) is 22.4. The van der Waals surface area contributed by atoms with Gasteiger partial charge in [-0.2, -0.15) is 13.2 Å².